The maximum Gasteiger partial charge on any atom is 0.265 e. The second-order valence-electron chi connectivity index (χ2n) is 7.57. The molecule has 1 N–H and O–H groups in total. The zero-order chi connectivity index (χ0) is 20.8. The van der Waals surface area contributed by atoms with Crippen LogP contribution in [0.15, 0.2) is 24.3 Å². The number of aromatic nitrogens is 1. The third-order valence-electron chi connectivity index (χ3n) is 5.31. The average molecular weight is 416 g/mol. The van der Waals surface area contributed by atoms with Crippen LogP contribution in [0.2, 0.25) is 0 Å². The summed E-state index contributed by atoms with van der Waals surface area (Å²) in [5, 5.41) is 3.90. The van der Waals surface area contributed by atoms with E-state index < -0.39 is 0 Å². The summed E-state index contributed by atoms with van der Waals surface area (Å²) < 4.78 is 5.21. The lowest BCUT2D eigenvalue weighted by atomic mass is 9.93. The van der Waals surface area contributed by atoms with Gasteiger partial charge in [-0.2, -0.15) is 0 Å². The van der Waals surface area contributed by atoms with Crippen molar-refractivity contribution >= 4 is 23.2 Å². The number of ether oxygens (including phenoxy) is 1. The van der Waals surface area contributed by atoms with Crippen molar-refractivity contribution in [2.75, 3.05) is 20.2 Å². The van der Waals surface area contributed by atoms with Crippen LogP contribution in [0.4, 0.5) is 0 Å². The van der Waals surface area contributed by atoms with Gasteiger partial charge in [-0.15, -0.1) is 11.3 Å². The van der Waals surface area contributed by atoms with E-state index in [9.17, 15) is 9.59 Å². The van der Waals surface area contributed by atoms with Crippen molar-refractivity contribution in [3.8, 4) is 5.75 Å². The fourth-order valence-electron chi connectivity index (χ4n) is 3.77. The number of amides is 2. The summed E-state index contributed by atoms with van der Waals surface area (Å²) in [6.07, 6.45) is 3.33. The van der Waals surface area contributed by atoms with Gasteiger partial charge in [0.1, 0.15) is 10.6 Å². The van der Waals surface area contributed by atoms with E-state index in [2.05, 4.69) is 10.3 Å². The molecule has 1 aromatic heterocycles. The number of hydrogen-bond acceptors (Lipinski definition) is 5. The maximum atomic E-state index is 12.8. The highest BCUT2D eigenvalue weighted by molar-refractivity contribution is 7.13. The molecule has 0 bridgehead atoms. The molecule has 0 aliphatic carbocycles. The fourth-order valence-corrected chi connectivity index (χ4v) is 4.65. The van der Waals surface area contributed by atoms with Crippen molar-refractivity contribution < 1.29 is 14.3 Å². The molecule has 1 aliphatic rings. The topological polar surface area (TPSA) is 71.5 Å². The van der Waals surface area contributed by atoms with Crippen LogP contribution in [-0.4, -0.2) is 41.9 Å². The summed E-state index contributed by atoms with van der Waals surface area (Å²) in [6.45, 7) is 5.82. The van der Waals surface area contributed by atoms with E-state index in [1.165, 1.54) is 11.3 Å². The van der Waals surface area contributed by atoms with Gasteiger partial charge in [0.05, 0.1) is 17.8 Å². The first kappa shape index (κ1) is 21.3. The Balaban J connectivity index is 1.46. The van der Waals surface area contributed by atoms with E-state index in [0.717, 1.165) is 59.2 Å². The van der Waals surface area contributed by atoms with Gasteiger partial charge in [-0.3, -0.25) is 9.59 Å². The number of methoxy groups -OCH3 is 1. The van der Waals surface area contributed by atoms with Crippen LogP contribution in [0.1, 0.15) is 51.6 Å². The number of hydrogen-bond donors (Lipinski definition) is 1. The number of carbonyl (C=O) groups excluding carboxylic acids is 2. The lowest BCUT2D eigenvalue weighted by Crippen LogP contribution is -2.40. The standard InChI is InChI=1S/C22H29N3O3S/c1-15-21(29-16(2)24-15)22(27)25-11-5-7-17(14-25)9-10-20(26)23-13-18-6-4-8-19(12-18)28-3/h4,6,8,12,17H,5,7,9-11,13-14H2,1-3H3,(H,23,26). The molecule has 1 aliphatic heterocycles. The van der Waals surface area contributed by atoms with Gasteiger partial charge in [0.25, 0.3) is 5.91 Å². The Labute approximate surface area is 176 Å². The predicted octanol–water partition coefficient (Wildman–Crippen LogP) is 3.72. The SMILES string of the molecule is COc1cccc(CNC(=O)CCC2CCCN(C(=O)c3sc(C)nc3C)C2)c1. The molecule has 2 heterocycles. The molecule has 156 valence electrons. The van der Waals surface area contributed by atoms with E-state index in [0.29, 0.717) is 18.9 Å². The highest BCUT2D eigenvalue weighted by atomic mass is 32.1. The van der Waals surface area contributed by atoms with Crippen molar-refractivity contribution in [1.29, 1.82) is 0 Å². The van der Waals surface area contributed by atoms with Crippen LogP contribution in [0, 0.1) is 19.8 Å². The fraction of sp³-hybridized carbons (Fsp3) is 0.500. The molecule has 1 fully saturated rings. The Morgan fingerprint density at radius 1 is 1.34 bits per heavy atom. The molecule has 1 saturated heterocycles. The quantitative estimate of drug-likeness (QED) is 0.748. The Kier molecular flexibility index (Phi) is 7.25. The minimum atomic E-state index is 0.0465. The Morgan fingerprint density at radius 3 is 2.90 bits per heavy atom. The molecule has 6 nitrogen and oxygen atoms in total. The first-order chi connectivity index (χ1) is 14.0. The van der Waals surface area contributed by atoms with Crippen molar-refractivity contribution in [3.63, 3.8) is 0 Å². The Morgan fingerprint density at radius 2 is 2.17 bits per heavy atom. The molecule has 3 rings (SSSR count). The highest BCUT2D eigenvalue weighted by Crippen LogP contribution is 2.25. The third kappa shape index (κ3) is 5.79. The zero-order valence-electron chi connectivity index (χ0n) is 17.4. The second-order valence-corrected chi connectivity index (χ2v) is 8.78. The molecule has 2 aromatic rings. The number of thiazole rings is 1. The van der Waals surface area contributed by atoms with Gasteiger partial charge in [-0.25, -0.2) is 4.98 Å². The highest BCUT2D eigenvalue weighted by Gasteiger charge is 2.27. The molecule has 0 radical (unpaired) electrons. The van der Waals surface area contributed by atoms with Gasteiger partial charge in [-0.1, -0.05) is 12.1 Å². The molecule has 0 saturated carbocycles. The van der Waals surface area contributed by atoms with E-state index in [4.69, 9.17) is 4.74 Å². The first-order valence-corrected chi connectivity index (χ1v) is 10.9. The lowest BCUT2D eigenvalue weighted by Gasteiger charge is -2.32. The second kappa shape index (κ2) is 9.87. The number of piperidine rings is 1. The van der Waals surface area contributed by atoms with Crippen LogP contribution < -0.4 is 10.1 Å². The summed E-state index contributed by atoms with van der Waals surface area (Å²) in [5.74, 6) is 1.28. The van der Waals surface area contributed by atoms with Gasteiger partial charge in [-0.05, 0) is 56.7 Å². The number of benzene rings is 1. The zero-order valence-corrected chi connectivity index (χ0v) is 18.2. The van der Waals surface area contributed by atoms with E-state index in [1.54, 1.807) is 7.11 Å². The van der Waals surface area contributed by atoms with Crippen molar-refractivity contribution in [2.24, 2.45) is 5.92 Å². The number of likely N-dealkylation sites (tertiary alicyclic amines) is 1. The van der Waals surface area contributed by atoms with E-state index in [1.807, 2.05) is 43.0 Å². The van der Waals surface area contributed by atoms with Crippen molar-refractivity contribution in [1.82, 2.24) is 15.2 Å². The minimum Gasteiger partial charge on any atom is -0.497 e. The summed E-state index contributed by atoms with van der Waals surface area (Å²) >= 11 is 1.47. The molecule has 29 heavy (non-hydrogen) atoms. The van der Waals surface area contributed by atoms with Crippen LogP contribution in [0.3, 0.4) is 0 Å². The van der Waals surface area contributed by atoms with Crippen molar-refractivity contribution in [3.05, 3.63) is 45.4 Å². The predicted molar refractivity (Wildman–Crippen MR) is 114 cm³/mol. The van der Waals surface area contributed by atoms with Gasteiger partial charge in [0, 0.05) is 26.1 Å². The van der Waals surface area contributed by atoms with Crippen molar-refractivity contribution in [2.45, 2.75) is 46.1 Å². The van der Waals surface area contributed by atoms with Gasteiger partial charge in [0.2, 0.25) is 5.91 Å². The molecule has 0 spiro atoms. The van der Waals surface area contributed by atoms with Gasteiger partial charge in [0.15, 0.2) is 0 Å². The average Bonchev–Trinajstić information content (AvgIpc) is 3.08. The number of aryl methyl sites for hydroxylation is 2. The molecule has 1 aromatic carbocycles. The molecule has 7 heteroatoms. The monoisotopic (exact) mass is 415 g/mol. The normalized spacial score (nSPS) is 16.5. The van der Waals surface area contributed by atoms with Gasteiger partial charge < -0.3 is 15.0 Å². The van der Waals surface area contributed by atoms with Gasteiger partial charge >= 0.3 is 0 Å². The number of nitrogens with one attached hydrogen (secondary N) is 1. The molecular formula is C22H29N3O3S. The van der Waals surface area contributed by atoms with E-state index >= 15 is 0 Å². The molecule has 1 atom stereocenters. The molecule has 1 unspecified atom stereocenters. The summed E-state index contributed by atoms with van der Waals surface area (Å²) in [7, 11) is 1.63. The van der Waals surface area contributed by atoms with Crippen LogP contribution >= 0.6 is 11.3 Å². The third-order valence-corrected chi connectivity index (χ3v) is 6.37. The molecular weight excluding hydrogens is 386 g/mol. The first-order valence-electron chi connectivity index (χ1n) is 10.1. The summed E-state index contributed by atoms with van der Waals surface area (Å²) in [4.78, 5) is 32.2. The smallest absolute Gasteiger partial charge is 0.265 e. The lowest BCUT2D eigenvalue weighted by molar-refractivity contribution is -0.121. The van der Waals surface area contributed by atoms with Crippen LogP contribution in [-0.2, 0) is 11.3 Å². The largest absolute Gasteiger partial charge is 0.497 e. The van der Waals surface area contributed by atoms with Crippen LogP contribution in [0.5, 0.6) is 5.75 Å². The summed E-state index contributed by atoms with van der Waals surface area (Å²) in [5.41, 5.74) is 1.83. The molecule has 2 amide bonds. The number of rotatable bonds is 7. The summed E-state index contributed by atoms with van der Waals surface area (Å²) in [6, 6.07) is 7.70. The maximum absolute atomic E-state index is 12.8. The minimum absolute atomic E-state index is 0.0465. The Hall–Kier alpha value is -2.41. The number of carbonyl (C=O) groups is 2. The number of nitrogens with zero attached hydrogens (tertiary/aromatic N) is 2. The Bertz CT molecular complexity index is 865. The van der Waals surface area contributed by atoms with E-state index in [-0.39, 0.29) is 11.8 Å². The van der Waals surface area contributed by atoms with Crippen LogP contribution in [0.25, 0.3) is 0 Å².